The van der Waals surface area contributed by atoms with Crippen LogP contribution in [-0.4, -0.2) is 18.2 Å². The van der Waals surface area contributed by atoms with Gasteiger partial charge in [-0.3, -0.25) is 0 Å². The molecule has 0 aromatic heterocycles. The highest BCUT2D eigenvalue weighted by Gasteiger charge is 2.29. The summed E-state index contributed by atoms with van der Waals surface area (Å²) in [5.74, 6) is 0.743. The van der Waals surface area contributed by atoms with Gasteiger partial charge in [0.25, 0.3) is 0 Å². The number of hydrogen-bond donors (Lipinski definition) is 1. The number of ether oxygens (including phenoxy) is 1. The molecule has 0 spiro atoms. The van der Waals surface area contributed by atoms with E-state index in [1.54, 1.807) is 0 Å². The van der Waals surface area contributed by atoms with E-state index in [0.717, 1.165) is 12.3 Å². The van der Waals surface area contributed by atoms with E-state index in [1.165, 1.54) is 44.9 Å². The average Bonchev–Trinajstić information content (AvgIpc) is 2.24. The molecule has 0 saturated heterocycles. The molecule has 2 N–H and O–H groups in total. The van der Waals surface area contributed by atoms with Crippen LogP contribution >= 0.6 is 0 Å². The van der Waals surface area contributed by atoms with E-state index in [1.807, 2.05) is 0 Å². The van der Waals surface area contributed by atoms with E-state index >= 15 is 0 Å². The highest BCUT2D eigenvalue weighted by molar-refractivity contribution is 4.82. The van der Waals surface area contributed by atoms with Crippen molar-refractivity contribution >= 4 is 0 Å². The Bertz CT molecular complexity index is 175. The molecule has 0 aromatic rings. The summed E-state index contributed by atoms with van der Waals surface area (Å²) in [6.45, 7) is 2.33. The van der Waals surface area contributed by atoms with Crippen molar-refractivity contribution in [2.45, 2.75) is 76.5 Å². The van der Waals surface area contributed by atoms with Crippen LogP contribution in [0.15, 0.2) is 0 Å². The summed E-state index contributed by atoms with van der Waals surface area (Å²) in [7, 11) is 0. The van der Waals surface area contributed by atoms with Gasteiger partial charge in [0, 0.05) is 6.04 Å². The normalized spacial score (nSPS) is 42.8. The highest BCUT2D eigenvalue weighted by atomic mass is 16.5. The molecule has 0 amide bonds. The van der Waals surface area contributed by atoms with Crippen LogP contribution in [0, 0.1) is 5.92 Å². The van der Waals surface area contributed by atoms with Crippen molar-refractivity contribution in [3.8, 4) is 0 Å². The quantitative estimate of drug-likeness (QED) is 0.762. The van der Waals surface area contributed by atoms with E-state index in [0.29, 0.717) is 18.2 Å². The minimum Gasteiger partial charge on any atom is -0.373 e. The van der Waals surface area contributed by atoms with Gasteiger partial charge in [-0.1, -0.05) is 32.6 Å². The Morgan fingerprint density at radius 3 is 2.13 bits per heavy atom. The van der Waals surface area contributed by atoms with Crippen molar-refractivity contribution in [3.63, 3.8) is 0 Å². The van der Waals surface area contributed by atoms with Gasteiger partial charge in [-0.15, -0.1) is 0 Å². The molecule has 2 rings (SSSR count). The molecule has 2 saturated carbocycles. The fourth-order valence-electron chi connectivity index (χ4n) is 3.00. The van der Waals surface area contributed by atoms with Gasteiger partial charge in [-0.05, 0) is 31.6 Å². The minimum atomic E-state index is 0.299. The van der Waals surface area contributed by atoms with Crippen molar-refractivity contribution in [2.24, 2.45) is 11.7 Å². The summed E-state index contributed by atoms with van der Waals surface area (Å²) in [5, 5.41) is 0. The summed E-state index contributed by atoms with van der Waals surface area (Å²) in [5.41, 5.74) is 6.12. The average molecular weight is 211 g/mol. The van der Waals surface area contributed by atoms with Gasteiger partial charge >= 0.3 is 0 Å². The van der Waals surface area contributed by atoms with Crippen molar-refractivity contribution in [2.75, 3.05) is 0 Å². The zero-order valence-corrected chi connectivity index (χ0v) is 9.95. The van der Waals surface area contributed by atoms with Crippen LogP contribution in [0.3, 0.4) is 0 Å². The van der Waals surface area contributed by atoms with Gasteiger partial charge in [0.15, 0.2) is 0 Å². The lowest BCUT2D eigenvalue weighted by Gasteiger charge is -2.36. The maximum absolute atomic E-state index is 6.23. The molecule has 88 valence electrons. The largest absolute Gasteiger partial charge is 0.373 e. The van der Waals surface area contributed by atoms with E-state index in [2.05, 4.69) is 6.92 Å². The third kappa shape index (κ3) is 2.94. The first-order valence-electron chi connectivity index (χ1n) is 6.68. The zero-order chi connectivity index (χ0) is 10.7. The molecule has 0 radical (unpaired) electrons. The minimum absolute atomic E-state index is 0.299. The first-order chi connectivity index (χ1) is 7.27. The Hall–Kier alpha value is -0.0800. The molecule has 4 atom stereocenters. The Morgan fingerprint density at radius 2 is 1.47 bits per heavy atom. The van der Waals surface area contributed by atoms with Gasteiger partial charge in [0.05, 0.1) is 12.2 Å². The summed E-state index contributed by atoms with van der Waals surface area (Å²) in [6.07, 6.45) is 11.1. The fraction of sp³-hybridized carbons (Fsp3) is 1.00. The van der Waals surface area contributed by atoms with Crippen molar-refractivity contribution in [3.05, 3.63) is 0 Å². The molecular formula is C13H25NO. The molecule has 2 fully saturated rings. The van der Waals surface area contributed by atoms with Crippen molar-refractivity contribution < 1.29 is 4.74 Å². The number of nitrogens with two attached hydrogens (primary N) is 1. The first-order valence-corrected chi connectivity index (χ1v) is 6.68. The predicted octanol–water partition coefficient (Wildman–Crippen LogP) is 2.85. The second kappa shape index (κ2) is 5.31. The molecule has 15 heavy (non-hydrogen) atoms. The summed E-state index contributed by atoms with van der Waals surface area (Å²) in [4.78, 5) is 0. The Morgan fingerprint density at radius 1 is 0.867 bits per heavy atom. The molecule has 2 aliphatic rings. The van der Waals surface area contributed by atoms with Gasteiger partial charge in [-0.2, -0.15) is 0 Å². The number of rotatable bonds is 2. The number of hydrogen-bond acceptors (Lipinski definition) is 2. The Labute approximate surface area is 93.6 Å². The van der Waals surface area contributed by atoms with Crippen LogP contribution in [0.2, 0.25) is 0 Å². The van der Waals surface area contributed by atoms with Gasteiger partial charge in [-0.25, -0.2) is 0 Å². The molecule has 2 nitrogen and oxygen atoms in total. The highest BCUT2D eigenvalue weighted by Crippen LogP contribution is 2.30. The summed E-state index contributed by atoms with van der Waals surface area (Å²) >= 11 is 0. The fourth-order valence-corrected chi connectivity index (χ4v) is 3.00. The predicted molar refractivity (Wildman–Crippen MR) is 62.7 cm³/mol. The van der Waals surface area contributed by atoms with Crippen LogP contribution < -0.4 is 5.73 Å². The molecule has 0 aromatic carbocycles. The van der Waals surface area contributed by atoms with Crippen LogP contribution in [0.25, 0.3) is 0 Å². The second-order valence-electron chi connectivity index (χ2n) is 5.42. The first kappa shape index (κ1) is 11.4. The van der Waals surface area contributed by atoms with Crippen LogP contribution in [0.1, 0.15) is 58.3 Å². The third-order valence-corrected chi connectivity index (χ3v) is 4.14. The van der Waals surface area contributed by atoms with E-state index < -0.39 is 0 Å². The van der Waals surface area contributed by atoms with E-state index in [9.17, 15) is 0 Å². The van der Waals surface area contributed by atoms with Gasteiger partial charge in [0.2, 0.25) is 0 Å². The van der Waals surface area contributed by atoms with Crippen molar-refractivity contribution in [1.82, 2.24) is 0 Å². The third-order valence-electron chi connectivity index (χ3n) is 4.14. The molecule has 4 unspecified atom stereocenters. The topological polar surface area (TPSA) is 35.2 Å². The molecular weight excluding hydrogens is 186 g/mol. The van der Waals surface area contributed by atoms with E-state index in [-0.39, 0.29) is 0 Å². The lowest BCUT2D eigenvalue weighted by molar-refractivity contribution is -0.0758. The zero-order valence-electron chi connectivity index (χ0n) is 9.95. The lowest BCUT2D eigenvalue weighted by Crippen LogP contribution is -2.43. The second-order valence-corrected chi connectivity index (χ2v) is 5.42. The lowest BCUT2D eigenvalue weighted by atomic mass is 9.87. The van der Waals surface area contributed by atoms with Crippen molar-refractivity contribution in [1.29, 1.82) is 0 Å². The molecule has 2 aliphatic carbocycles. The maximum atomic E-state index is 6.23. The van der Waals surface area contributed by atoms with E-state index in [4.69, 9.17) is 10.5 Å². The standard InChI is InChI=1S/C13H25NO/c1-10-6-2-4-8-12(10)15-13-9-5-3-7-11(13)14/h10-13H,2-9,14H2,1H3. The monoisotopic (exact) mass is 211 g/mol. The molecule has 0 heterocycles. The molecule has 0 bridgehead atoms. The Kier molecular flexibility index (Phi) is 4.04. The summed E-state index contributed by atoms with van der Waals surface area (Å²) < 4.78 is 6.23. The molecule has 0 aliphatic heterocycles. The van der Waals surface area contributed by atoms with Crippen LogP contribution in [0.4, 0.5) is 0 Å². The molecule has 2 heteroatoms. The SMILES string of the molecule is CC1CCCCC1OC1CCCCC1N. The smallest absolute Gasteiger partial charge is 0.0729 e. The maximum Gasteiger partial charge on any atom is 0.0729 e. The van der Waals surface area contributed by atoms with Gasteiger partial charge < -0.3 is 10.5 Å². The summed E-state index contributed by atoms with van der Waals surface area (Å²) in [6, 6.07) is 0.299. The van der Waals surface area contributed by atoms with Crippen LogP contribution in [-0.2, 0) is 4.74 Å². The van der Waals surface area contributed by atoms with Gasteiger partial charge in [0.1, 0.15) is 0 Å². The van der Waals surface area contributed by atoms with Crippen LogP contribution in [0.5, 0.6) is 0 Å². The Balaban J connectivity index is 1.83.